The van der Waals surface area contributed by atoms with Crippen molar-refractivity contribution >= 4 is 11.6 Å². The van der Waals surface area contributed by atoms with E-state index in [1.54, 1.807) is 18.2 Å². The van der Waals surface area contributed by atoms with Gasteiger partial charge < -0.3 is 15.2 Å². The van der Waals surface area contributed by atoms with Crippen molar-refractivity contribution < 1.29 is 14.6 Å². The molecule has 2 aromatic heterocycles. The molecule has 2 heterocycles. The first-order valence-corrected chi connectivity index (χ1v) is 7.11. The quantitative estimate of drug-likeness (QED) is 0.775. The number of carbonyl (C=O) groups is 1. The molecule has 0 aromatic carbocycles. The molecule has 2 N–H and O–H groups in total. The van der Waals surface area contributed by atoms with Crippen molar-refractivity contribution in [3.63, 3.8) is 0 Å². The van der Waals surface area contributed by atoms with Crippen molar-refractivity contribution in [3.05, 3.63) is 40.3 Å². The second kappa shape index (κ2) is 7.04. The van der Waals surface area contributed by atoms with Gasteiger partial charge in [0.2, 0.25) is 5.88 Å². The second-order valence-electron chi connectivity index (χ2n) is 5.07. The van der Waals surface area contributed by atoms with Crippen molar-refractivity contribution in [2.45, 2.75) is 26.4 Å². The van der Waals surface area contributed by atoms with Crippen LogP contribution in [0.1, 0.15) is 30.6 Å². The van der Waals surface area contributed by atoms with Gasteiger partial charge in [0.05, 0.1) is 6.10 Å². The Labute approximate surface area is 127 Å². The molecule has 0 spiro atoms. The zero-order valence-electron chi connectivity index (χ0n) is 12.6. The minimum Gasteiger partial charge on any atom is -0.493 e. The molecule has 7 nitrogen and oxygen atoms in total. The molecule has 0 unspecified atom stereocenters. The highest BCUT2D eigenvalue weighted by Crippen LogP contribution is 2.10. The Morgan fingerprint density at radius 1 is 1.45 bits per heavy atom. The summed E-state index contributed by atoms with van der Waals surface area (Å²) in [6.45, 7) is 4.72. The standard InChI is InChI=1S/C15H19N3O4/c1-10(2)22-9-5-7-16-13(19)12-14(20)17-11-6-3-4-8-18(11)15(12)21/h3-4,6,8,10,20H,5,7,9H2,1-2H3,(H,16,19). The maximum absolute atomic E-state index is 12.2. The average molecular weight is 305 g/mol. The highest BCUT2D eigenvalue weighted by molar-refractivity contribution is 5.96. The Hall–Kier alpha value is -2.41. The van der Waals surface area contributed by atoms with Crippen molar-refractivity contribution in [2.75, 3.05) is 13.2 Å². The van der Waals surface area contributed by atoms with Gasteiger partial charge in [-0.05, 0) is 32.4 Å². The van der Waals surface area contributed by atoms with Crippen molar-refractivity contribution in [3.8, 4) is 5.88 Å². The van der Waals surface area contributed by atoms with Crippen LogP contribution in [0.5, 0.6) is 5.88 Å². The lowest BCUT2D eigenvalue weighted by Gasteiger charge is -2.09. The van der Waals surface area contributed by atoms with E-state index < -0.39 is 17.3 Å². The van der Waals surface area contributed by atoms with Crippen molar-refractivity contribution in [1.29, 1.82) is 0 Å². The summed E-state index contributed by atoms with van der Waals surface area (Å²) in [6.07, 6.45) is 2.25. The van der Waals surface area contributed by atoms with Gasteiger partial charge in [0.1, 0.15) is 5.65 Å². The van der Waals surface area contributed by atoms with Gasteiger partial charge >= 0.3 is 0 Å². The largest absolute Gasteiger partial charge is 0.493 e. The Morgan fingerprint density at radius 2 is 2.23 bits per heavy atom. The van der Waals surface area contributed by atoms with Gasteiger partial charge in [-0.1, -0.05) is 6.07 Å². The van der Waals surface area contributed by atoms with E-state index in [1.807, 2.05) is 13.8 Å². The predicted molar refractivity (Wildman–Crippen MR) is 81.2 cm³/mol. The lowest BCUT2D eigenvalue weighted by atomic mass is 10.2. The number of nitrogens with zero attached hydrogens (tertiary/aromatic N) is 2. The monoisotopic (exact) mass is 305 g/mol. The van der Waals surface area contributed by atoms with Gasteiger partial charge in [0, 0.05) is 19.3 Å². The van der Waals surface area contributed by atoms with E-state index in [4.69, 9.17) is 4.74 Å². The number of fused-ring (bicyclic) bond motifs is 1. The molecular formula is C15H19N3O4. The Balaban J connectivity index is 2.10. The van der Waals surface area contributed by atoms with Gasteiger partial charge in [-0.3, -0.25) is 14.0 Å². The second-order valence-corrected chi connectivity index (χ2v) is 5.07. The summed E-state index contributed by atoms with van der Waals surface area (Å²) in [5, 5.41) is 12.4. The van der Waals surface area contributed by atoms with E-state index in [-0.39, 0.29) is 17.3 Å². The number of carbonyl (C=O) groups excluding carboxylic acids is 1. The van der Waals surface area contributed by atoms with Gasteiger partial charge in [0.25, 0.3) is 11.5 Å². The molecule has 0 aliphatic rings. The molecule has 0 saturated heterocycles. The number of pyridine rings is 1. The first-order valence-electron chi connectivity index (χ1n) is 7.11. The summed E-state index contributed by atoms with van der Waals surface area (Å²) < 4.78 is 6.57. The number of amides is 1. The summed E-state index contributed by atoms with van der Waals surface area (Å²) in [6, 6.07) is 4.92. The van der Waals surface area contributed by atoms with Crippen LogP contribution in [-0.2, 0) is 4.74 Å². The normalized spacial score (nSPS) is 11.0. The molecule has 0 saturated carbocycles. The maximum atomic E-state index is 12.2. The third-order valence-corrected chi connectivity index (χ3v) is 3.00. The van der Waals surface area contributed by atoms with E-state index >= 15 is 0 Å². The fourth-order valence-corrected chi connectivity index (χ4v) is 1.96. The maximum Gasteiger partial charge on any atom is 0.274 e. The number of hydrogen-bond donors (Lipinski definition) is 2. The van der Waals surface area contributed by atoms with E-state index in [2.05, 4.69) is 10.3 Å². The number of nitrogens with one attached hydrogen (secondary N) is 1. The summed E-state index contributed by atoms with van der Waals surface area (Å²) in [5.74, 6) is -1.20. The van der Waals surface area contributed by atoms with Crippen LogP contribution >= 0.6 is 0 Å². The fraction of sp³-hybridized carbons (Fsp3) is 0.400. The van der Waals surface area contributed by atoms with E-state index in [0.29, 0.717) is 19.6 Å². The zero-order chi connectivity index (χ0) is 16.1. The third-order valence-electron chi connectivity index (χ3n) is 3.00. The molecular weight excluding hydrogens is 286 g/mol. The van der Waals surface area contributed by atoms with E-state index in [9.17, 15) is 14.7 Å². The zero-order valence-corrected chi connectivity index (χ0v) is 12.6. The predicted octanol–water partition coefficient (Wildman–Crippen LogP) is 0.945. The number of ether oxygens (including phenoxy) is 1. The van der Waals surface area contributed by atoms with Crippen LogP contribution in [0, 0.1) is 0 Å². The molecule has 2 rings (SSSR count). The van der Waals surface area contributed by atoms with Gasteiger partial charge in [-0.15, -0.1) is 0 Å². The van der Waals surface area contributed by atoms with Crippen LogP contribution < -0.4 is 10.9 Å². The summed E-state index contributed by atoms with van der Waals surface area (Å²) in [7, 11) is 0. The molecule has 0 bridgehead atoms. The lowest BCUT2D eigenvalue weighted by Crippen LogP contribution is -2.32. The average Bonchev–Trinajstić information content (AvgIpc) is 2.46. The van der Waals surface area contributed by atoms with Crippen LogP contribution in [0.4, 0.5) is 0 Å². The summed E-state index contributed by atoms with van der Waals surface area (Å²) in [5.41, 5.74) is -0.667. The topological polar surface area (TPSA) is 92.9 Å². The van der Waals surface area contributed by atoms with Gasteiger partial charge in [-0.25, -0.2) is 0 Å². The number of hydrogen-bond acceptors (Lipinski definition) is 5. The van der Waals surface area contributed by atoms with Gasteiger partial charge in [-0.2, -0.15) is 4.98 Å². The molecule has 0 atom stereocenters. The summed E-state index contributed by atoms with van der Waals surface area (Å²) >= 11 is 0. The lowest BCUT2D eigenvalue weighted by molar-refractivity contribution is 0.0756. The molecule has 118 valence electrons. The first-order chi connectivity index (χ1) is 10.5. The molecule has 1 amide bonds. The van der Waals surface area contributed by atoms with Crippen LogP contribution in [-0.4, -0.2) is 39.7 Å². The number of aromatic nitrogens is 2. The van der Waals surface area contributed by atoms with E-state index in [0.717, 1.165) is 0 Å². The van der Waals surface area contributed by atoms with Crippen LogP contribution in [0.15, 0.2) is 29.2 Å². The first kappa shape index (κ1) is 16.0. The molecule has 2 aromatic rings. The van der Waals surface area contributed by atoms with Crippen molar-refractivity contribution in [1.82, 2.24) is 14.7 Å². The molecule has 0 fully saturated rings. The number of aromatic hydroxyl groups is 1. The minimum absolute atomic E-state index is 0.133. The minimum atomic E-state index is -0.641. The van der Waals surface area contributed by atoms with Crippen molar-refractivity contribution in [2.24, 2.45) is 0 Å². The SMILES string of the molecule is CC(C)OCCCNC(=O)c1c(O)nc2ccccn2c1=O. The smallest absolute Gasteiger partial charge is 0.274 e. The van der Waals surface area contributed by atoms with Crippen LogP contribution in [0.2, 0.25) is 0 Å². The molecule has 0 radical (unpaired) electrons. The van der Waals surface area contributed by atoms with Crippen LogP contribution in [0.3, 0.4) is 0 Å². The Bertz CT molecular complexity index is 724. The molecule has 0 aliphatic carbocycles. The number of rotatable bonds is 6. The third kappa shape index (κ3) is 3.62. The molecule has 0 aliphatic heterocycles. The molecule has 7 heteroatoms. The fourth-order valence-electron chi connectivity index (χ4n) is 1.96. The Kier molecular flexibility index (Phi) is 5.11. The highest BCUT2D eigenvalue weighted by Gasteiger charge is 2.19. The molecule has 22 heavy (non-hydrogen) atoms. The van der Waals surface area contributed by atoms with E-state index in [1.165, 1.54) is 10.6 Å². The van der Waals surface area contributed by atoms with Gasteiger partial charge in [0.15, 0.2) is 5.56 Å². The van der Waals surface area contributed by atoms with Crippen LogP contribution in [0.25, 0.3) is 5.65 Å². The summed E-state index contributed by atoms with van der Waals surface area (Å²) in [4.78, 5) is 28.2. The Morgan fingerprint density at radius 3 is 2.95 bits per heavy atom. The highest BCUT2D eigenvalue weighted by atomic mass is 16.5.